The van der Waals surface area contributed by atoms with E-state index in [9.17, 15) is 9.90 Å². The molecule has 2 rings (SSSR count). The van der Waals surface area contributed by atoms with Gasteiger partial charge in [0.25, 0.3) is 0 Å². The van der Waals surface area contributed by atoms with Gasteiger partial charge in [-0.15, -0.1) is 11.8 Å². The topological polar surface area (TPSA) is 49.8 Å². The average molecular weight is 323 g/mol. The maximum atomic E-state index is 12.3. The maximum absolute atomic E-state index is 12.3. The SMILES string of the molecule is COCC[C@@]1(O)CCN(C(=O)CSc2ccccc2)C[C@@H]1C. The van der Waals surface area contributed by atoms with Crippen LogP contribution >= 0.6 is 11.8 Å². The lowest BCUT2D eigenvalue weighted by Crippen LogP contribution is -2.53. The van der Waals surface area contributed by atoms with Gasteiger partial charge in [0.2, 0.25) is 5.91 Å². The first-order chi connectivity index (χ1) is 10.5. The molecule has 0 bridgehead atoms. The minimum absolute atomic E-state index is 0.0714. The van der Waals surface area contributed by atoms with E-state index >= 15 is 0 Å². The van der Waals surface area contributed by atoms with Gasteiger partial charge in [0, 0.05) is 37.6 Å². The third kappa shape index (κ3) is 4.48. The van der Waals surface area contributed by atoms with E-state index in [2.05, 4.69) is 0 Å². The number of benzene rings is 1. The number of amides is 1. The normalized spacial score (nSPS) is 25.2. The fourth-order valence-electron chi connectivity index (χ4n) is 2.80. The van der Waals surface area contributed by atoms with E-state index in [0.29, 0.717) is 38.3 Å². The molecule has 0 unspecified atom stereocenters. The van der Waals surface area contributed by atoms with Crippen LogP contribution in [0.1, 0.15) is 19.8 Å². The Balaban J connectivity index is 1.83. The van der Waals surface area contributed by atoms with Crippen molar-refractivity contribution in [1.82, 2.24) is 4.90 Å². The highest BCUT2D eigenvalue weighted by Crippen LogP contribution is 2.31. The number of carbonyl (C=O) groups is 1. The number of rotatable bonds is 6. The van der Waals surface area contributed by atoms with E-state index in [1.165, 1.54) is 0 Å². The van der Waals surface area contributed by atoms with Crippen molar-refractivity contribution >= 4 is 17.7 Å². The third-order valence-electron chi connectivity index (χ3n) is 4.42. The van der Waals surface area contributed by atoms with Crippen LogP contribution < -0.4 is 0 Å². The molecule has 22 heavy (non-hydrogen) atoms. The van der Waals surface area contributed by atoms with Crippen LogP contribution in [0.15, 0.2) is 35.2 Å². The summed E-state index contributed by atoms with van der Waals surface area (Å²) < 4.78 is 5.08. The molecule has 0 aliphatic carbocycles. The molecule has 122 valence electrons. The zero-order chi connectivity index (χ0) is 16.0. The van der Waals surface area contributed by atoms with Crippen LogP contribution in [0.3, 0.4) is 0 Å². The predicted molar refractivity (Wildman–Crippen MR) is 89.0 cm³/mol. The quantitative estimate of drug-likeness (QED) is 0.817. The van der Waals surface area contributed by atoms with Gasteiger partial charge in [0.15, 0.2) is 0 Å². The number of hydrogen-bond acceptors (Lipinski definition) is 4. The van der Waals surface area contributed by atoms with Crippen molar-refractivity contribution in [3.05, 3.63) is 30.3 Å². The largest absolute Gasteiger partial charge is 0.389 e. The smallest absolute Gasteiger partial charge is 0.232 e. The molecule has 1 aliphatic heterocycles. The number of piperidine rings is 1. The second kappa shape index (κ2) is 7.99. The molecular weight excluding hydrogens is 298 g/mol. The summed E-state index contributed by atoms with van der Waals surface area (Å²) in [5.74, 6) is 0.671. The molecule has 1 aromatic rings. The molecule has 1 aromatic carbocycles. The standard InChI is InChI=1S/C17H25NO3S/c1-14-12-18(10-8-17(14,20)9-11-21-2)16(19)13-22-15-6-4-3-5-7-15/h3-7,14,20H,8-13H2,1-2H3/t14-,17-/m0/s1. The highest BCUT2D eigenvalue weighted by Gasteiger charge is 2.39. The number of nitrogens with zero attached hydrogens (tertiary/aromatic N) is 1. The first-order valence-electron chi connectivity index (χ1n) is 7.72. The molecule has 1 fully saturated rings. The molecule has 1 heterocycles. The molecule has 0 aromatic heterocycles. The second-order valence-corrected chi connectivity index (χ2v) is 6.99. The Morgan fingerprint density at radius 2 is 2.18 bits per heavy atom. The molecule has 1 amide bonds. The summed E-state index contributed by atoms with van der Waals surface area (Å²) in [5, 5.41) is 10.7. The van der Waals surface area contributed by atoms with Gasteiger partial charge in [-0.05, 0) is 25.0 Å². The Morgan fingerprint density at radius 1 is 1.45 bits per heavy atom. The zero-order valence-corrected chi connectivity index (χ0v) is 14.1. The van der Waals surface area contributed by atoms with Crippen LogP contribution in [0.4, 0.5) is 0 Å². The van der Waals surface area contributed by atoms with Gasteiger partial charge in [0.1, 0.15) is 0 Å². The highest BCUT2D eigenvalue weighted by molar-refractivity contribution is 8.00. The Hall–Kier alpha value is -1.04. The van der Waals surface area contributed by atoms with Gasteiger partial charge in [-0.2, -0.15) is 0 Å². The molecule has 1 aliphatic rings. The van der Waals surface area contributed by atoms with E-state index in [0.717, 1.165) is 4.90 Å². The number of likely N-dealkylation sites (tertiary alicyclic amines) is 1. The van der Waals surface area contributed by atoms with E-state index in [1.807, 2.05) is 42.2 Å². The Morgan fingerprint density at radius 3 is 2.82 bits per heavy atom. The molecule has 1 saturated heterocycles. The first-order valence-corrected chi connectivity index (χ1v) is 8.70. The summed E-state index contributed by atoms with van der Waals surface area (Å²) in [6, 6.07) is 9.96. The summed E-state index contributed by atoms with van der Waals surface area (Å²) in [6.07, 6.45) is 1.25. The lowest BCUT2D eigenvalue weighted by atomic mass is 9.80. The number of ether oxygens (including phenoxy) is 1. The van der Waals surface area contributed by atoms with Gasteiger partial charge >= 0.3 is 0 Å². The van der Waals surface area contributed by atoms with Crippen LogP contribution in [-0.4, -0.2) is 54.1 Å². The number of hydrogen-bond donors (Lipinski definition) is 1. The van der Waals surface area contributed by atoms with Crippen LogP contribution in [0.5, 0.6) is 0 Å². The highest BCUT2D eigenvalue weighted by atomic mass is 32.2. The number of carbonyl (C=O) groups excluding carboxylic acids is 1. The fraction of sp³-hybridized carbons (Fsp3) is 0.588. The number of aliphatic hydroxyl groups is 1. The molecular formula is C17H25NO3S. The third-order valence-corrected chi connectivity index (χ3v) is 5.42. The minimum Gasteiger partial charge on any atom is -0.389 e. The number of thioether (sulfide) groups is 1. The molecule has 0 spiro atoms. The lowest BCUT2D eigenvalue weighted by Gasteiger charge is -2.43. The van der Waals surface area contributed by atoms with Crippen molar-refractivity contribution in [3.63, 3.8) is 0 Å². The van der Waals surface area contributed by atoms with Gasteiger partial charge < -0.3 is 14.7 Å². The zero-order valence-electron chi connectivity index (χ0n) is 13.3. The molecule has 1 N–H and O–H groups in total. The van der Waals surface area contributed by atoms with Crippen LogP contribution in [0.2, 0.25) is 0 Å². The molecule has 0 radical (unpaired) electrons. The van der Waals surface area contributed by atoms with Crippen LogP contribution in [0, 0.1) is 5.92 Å². The Kier molecular flexibility index (Phi) is 6.29. The Labute approximate surface area is 136 Å². The van der Waals surface area contributed by atoms with E-state index in [1.54, 1.807) is 18.9 Å². The van der Waals surface area contributed by atoms with Gasteiger partial charge in [-0.25, -0.2) is 0 Å². The summed E-state index contributed by atoms with van der Waals surface area (Å²) >= 11 is 1.56. The number of methoxy groups -OCH3 is 1. The van der Waals surface area contributed by atoms with Crippen molar-refractivity contribution < 1.29 is 14.6 Å². The monoisotopic (exact) mass is 323 g/mol. The first kappa shape index (κ1) is 17.3. The summed E-state index contributed by atoms with van der Waals surface area (Å²) in [7, 11) is 1.65. The van der Waals surface area contributed by atoms with Crippen molar-refractivity contribution in [2.24, 2.45) is 5.92 Å². The van der Waals surface area contributed by atoms with E-state index in [-0.39, 0.29) is 11.8 Å². The van der Waals surface area contributed by atoms with Crippen molar-refractivity contribution in [2.45, 2.75) is 30.3 Å². The molecule has 2 atom stereocenters. The second-order valence-electron chi connectivity index (χ2n) is 5.94. The average Bonchev–Trinajstić information content (AvgIpc) is 2.54. The minimum atomic E-state index is -0.709. The van der Waals surface area contributed by atoms with Gasteiger partial charge in [-0.3, -0.25) is 4.79 Å². The lowest BCUT2D eigenvalue weighted by molar-refractivity contribution is -0.137. The summed E-state index contributed by atoms with van der Waals surface area (Å²) in [4.78, 5) is 15.3. The molecule has 0 saturated carbocycles. The predicted octanol–water partition coefficient (Wildman–Crippen LogP) is 2.41. The van der Waals surface area contributed by atoms with Crippen LogP contribution in [0.25, 0.3) is 0 Å². The van der Waals surface area contributed by atoms with E-state index < -0.39 is 5.60 Å². The van der Waals surface area contributed by atoms with Crippen molar-refractivity contribution in [2.75, 3.05) is 32.6 Å². The summed E-state index contributed by atoms with van der Waals surface area (Å²) in [5.41, 5.74) is -0.709. The van der Waals surface area contributed by atoms with Crippen molar-refractivity contribution in [1.29, 1.82) is 0 Å². The van der Waals surface area contributed by atoms with Gasteiger partial charge in [-0.1, -0.05) is 25.1 Å². The molecule has 5 heteroatoms. The molecule has 4 nitrogen and oxygen atoms in total. The summed E-state index contributed by atoms with van der Waals surface area (Å²) in [6.45, 7) is 3.81. The van der Waals surface area contributed by atoms with Crippen molar-refractivity contribution in [3.8, 4) is 0 Å². The van der Waals surface area contributed by atoms with Crippen LogP contribution in [-0.2, 0) is 9.53 Å². The fourth-order valence-corrected chi connectivity index (χ4v) is 3.62. The maximum Gasteiger partial charge on any atom is 0.232 e. The van der Waals surface area contributed by atoms with Gasteiger partial charge in [0.05, 0.1) is 11.4 Å². The van der Waals surface area contributed by atoms with E-state index in [4.69, 9.17) is 4.74 Å². The Bertz CT molecular complexity index is 482.